The number of amides is 1. The topological polar surface area (TPSA) is 32.3 Å². The van der Waals surface area contributed by atoms with Gasteiger partial charge in [0, 0.05) is 12.6 Å². The van der Waals surface area contributed by atoms with Gasteiger partial charge in [-0.2, -0.15) is 0 Å². The van der Waals surface area contributed by atoms with Crippen molar-refractivity contribution in [3.8, 4) is 0 Å². The van der Waals surface area contributed by atoms with E-state index >= 15 is 0 Å². The van der Waals surface area contributed by atoms with Gasteiger partial charge in [0.25, 0.3) is 0 Å². The van der Waals surface area contributed by atoms with E-state index in [0.29, 0.717) is 12.6 Å². The van der Waals surface area contributed by atoms with Crippen LogP contribution in [-0.4, -0.2) is 36.5 Å². The second-order valence-electron chi connectivity index (χ2n) is 4.29. The van der Waals surface area contributed by atoms with Crippen LogP contribution in [0.1, 0.15) is 46.0 Å². The van der Waals surface area contributed by atoms with Crippen LogP contribution in [-0.2, 0) is 4.79 Å². The highest BCUT2D eigenvalue weighted by Gasteiger charge is 2.24. The van der Waals surface area contributed by atoms with Crippen molar-refractivity contribution in [2.75, 3.05) is 19.6 Å². The monoisotopic (exact) mass is 212 g/mol. The van der Waals surface area contributed by atoms with Crippen LogP contribution >= 0.6 is 0 Å². The molecule has 0 aromatic carbocycles. The van der Waals surface area contributed by atoms with Crippen molar-refractivity contribution < 1.29 is 4.79 Å². The van der Waals surface area contributed by atoms with Crippen LogP contribution in [0.5, 0.6) is 0 Å². The molecule has 0 atom stereocenters. The molecule has 88 valence electrons. The maximum Gasteiger partial charge on any atom is 0.236 e. The second kappa shape index (κ2) is 6.83. The smallest absolute Gasteiger partial charge is 0.236 e. The number of nitrogens with one attached hydrogen (secondary N) is 1. The Morgan fingerprint density at radius 3 is 2.53 bits per heavy atom. The van der Waals surface area contributed by atoms with Crippen LogP contribution in [0.3, 0.4) is 0 Å². The maximum atomic E-state index is 11.9. The Kier molecular flexibility index (Phi) is 5.69. The number of rotatable bonds is 6. The number of likely N-dealkylation sites (N-methyl/N-ethyl adjacent to an activating group) is 1. The largest absolute Gasteiger partial charge is 0.339 e. The molecule has 1 aliphatic rings. The molecule has 1 saturated carbocycles. The molecule has 0 spiro atoms. The summed E-state index contributed by atoms with van der Waals surface area (Å²) in [5.74, 6) is 0.276. The minimum Gasteiger partial charge on any atom is -0.339 e. The number of carbonyl (C=O) groups excluding carboxylic acids is 1. The summed E-state index contributed by atoms with van der Waals surface area (Å²) in [4.78, 5) is 14.0. The lowest BCUT2D eigenvalue weighted by molar-refractivity contribution is -0.132. The number of hydrogen-bond donors (Lipinski definition) is 1. The fourth-order valence-electron chi connectivity index (χ4n) is 2.33. The average Bonchev–Trinajstić information content (AvgIpc) is 2.73. The van der Waals surface area contributed by atoms with Crippen LogP contribution < -0.4 is 5.32 Å². The van der Waals surface area contributed by atoms with E-state index in [2.05, 4.69) is 24.1 Å². The van der Waals surface area contributed by atoms with Crippen LogP contribution in [0.25, 0.3) is 0 Å². The second-order valence-corrected chi connectivity index (χ2v) is 4.29. The molecule has 0 aromatic heterocycles. The third-order valence-electron chi connectivity index (χ3n) is 3.13. The summed E-state index contributed by atoms with van der Waals surface area (Å²) in [6.07, 6.45) is 6.07. The van der Waals surface area contributed by atoms with Crippen molar-refractivity contribution in [3.05, 3.63) is 0 Å². The highest BCUT2D eigenvalue weighted by atomic mass is 16.2. The van der Waals surface area contributed by atoms with Crippen LogP contribution in [0.15, 0.2) is 0 Å². The Hall–Kier alpha value is -0.570. The summed E-state index contributed by atoms with van der Waals surface area (Å²) in [5.41, 5.74) is 0. The predicted octanol–water partition coefficient (Wildman–Crippen LogP) is 1.78. The normalized spacial score (nSPS) is 16.9. The van der Waals surface area contributed by atoms with Gasteiger partial charge in [-0.1, -0.05) is 19.8 Å². The van der Waals surface area contributed by atoms with Gasteiger partial charge in [0.2, 0.25) is 5.91 Å². The fourth-order valence-corrected chi connectivity index (χ4v) is 2.33. The van der Waals surface area contributed by atoms with Crippen LogP contribution in [0.4, 0.5) is 0 Å². The van der Waals surface area contributed by atoms with Gasteiger partial charge in [0.1, 0.15) is 0 Å². The lowest BCUT2D eigenvalue weighted by Crippen LogP contribution is -2.43. The molecule has 0 unspecified atom stereocenters. The van der Waals surface area contributed by atoms with E-state index < -0.39 is 0 Å². The minimum absolute atomic E-state index is 0.276. The van der Waals surface area contributed by atoms with E-state index in [1.165, 1.54) is 25.7 Å². The quantitative estimate of drug-likeness (QED) is 0.681. The lowest BCUT2D eigenvalue weighted by atomic mass is 10.2. The van der Waals surface area contributed by atoms with Gasteiger partial charge in [0.05, 0.1) is 6.54 Å². The van der Waals surface area contributed by atoms with Crippen LogP contribution in [0.2, 0.25) is 0 Å². The van der Waals surface area contributed by atoms with Gasteiger partial charge in [-0.15, -0.1) is 0 Å². The number of nitrogens with zero attached hydrogens (tertiary/aromatic N) is 1. The molecular formula is C12H24N2O. The first-order valence-electron chi connectivity index (χ1n) is 6.29. The first kappa shape index (κ1) is 12.5. The fraction of sp³-hybridized carbons (Fsp3) is 0.917. The first-order chi connectivity index (χ1) is 7.29. The summed E-state index contributed by atoms with van der Waals surface area (Å²) in [5, 5.41) is 3.18. The van der Waals surface area contributed by atoms with Crippen molar-refractivity contribution in [3.63, 3.8) is 0 Å². The third-order valence-corrected chi connectivity index (χ3v) is 3.13. The Morgan fingerprint density at radius 1 is 1.33 bits per heavy atom. The van der Waals surface area contributed by atoms with Gasteiger partial charge in [-0.05, 0) is 32.7 Å². The third kappa shape index (κ3) is 3.82. The Morgan fingerprint density at radius 2 is 2.00 bits per heavy atom. The molecule has 15 heavy (non-hydrogen) atoms. The zero-order chi connectivity index (χ0) is 11.1. The van der Waals surface area contributed by atoms with E-state index in [4.69, 9.17) is 0 Å². The van der Waals surface area contributed by atoms with Gasteiger partial charge < -0.3 is 10.2 Å². The Labute approximate surface area is 93.2 Å². The SMILES string of the molecule is CCCNCC(=O)N(CC)C1CCCC1. The average molecular weight is 212 g/mol. The summed E-state index contributed by atoms with van der Waals surface area (Å²) < 4.78 is 0. The molecule has 1 N–H and O–H groups in total. The molecule has 1 fully saturated rings. The van der Waals surface area contributed by atoms with Gasteiger partial charge in [-0.3, -0.25) is 4.79 Å². The number of carbonyl (C=O) groups is 1. The first-order valence-corrected chi connectivity index (χ1v) is 6.29. The minimum atomic E-state index is 0.276. The lowest BCUT2D eigenvalue weighted by Gasteiger charge is -2.27. The van der Waals surface area contributed by atoms with E-state index in [9.17, 15) is 4.79 Å². The van der Waals surface area contributed by atoms with Crippen LogP contribution in [0, 0.1) is 0 Å². The zero-order valence-electron chi connectivity index (χ0n) is 10.1. The van der Waals surface area contributed by atoms with Crippen molar-refractivity contribution >= 4 is 5.91 Å². The van der Waals surface area contributed by atoms with Crippen molar-refractivity contribution in [2.24, 2.45) is 0 Å². The molecular weight excluding hydrogens is 188 g/mol. The summed E-state index contributed by atoms with van der Waals surface area (Å²) in [7, 11) is 0. The highest BCUT2D eigenvalue weighted by molar-refractivity contribution is 5.78. The molecule has 0 heterocycles. The Bertz CT molecular complexity index is 188. The van der Waals surface area contributed by atoms with Gasteiger partial charge >= 0.3 is 0 Å². The molecule has 1 aliphatic carbocycles. The maximum absolute atomic E-state index is 11.9. The summed E-state index contributed by atoms with van der Waals surface area (Å²) >= 11 is 0. The zero-order valence-corrected chi connectivity index (χ0v) is 10.1. The van der Waals surface area contributed by atoms with E-state index in [1.807, 2.05) is 0 Å². The van der Waals surface area contributed by atoms with Crippen molar-refractivity contribution in [2.45, 2.75) is 52.0 Å². The van der Waals surface area contributed by atoms with Gasteiger partial charge in [0.15, 0.2) is 0 Å². The van der Waals surface area contributed by atoms with E-state index in [1.54, 1.807) is 0 Å². The molecule has 0 aromatic rings. The summed E-state index contributed by atoms with van der Waals surface area (Å²) in [6.45, 7) is 6.51. The van der Waals surface area contributed by atoms with Gasteiger partial charge in [-0.25, -0.2) is 0 Å². The summed E-state index contributed by atoms with van der Waals surface area (Å²) in [6, 6.07) is 0.519. The molecule has 0 radical (unpaired) electrons. The molecule has 3 nitrogen and oxygen atoms in total. The molecule has 0 bridgehead atoms. The number of hydrogen-bond acceptors (Lipinski definition) is 2. The van der Waals surface area contributed by atoms with Crippen molar-refractivity contribution in [1.82, 2.24) is 10.2 Å². The molecule has 0 saturated heterocycles. The standard InChI is InChI=1S/C12H24N2O/c1-3-9-13-10-12(15)14(4-2)11-7-5-6-8-11/h11,13H,3-10H2,1-2H3. The highest BCUT2D eigenvalue weighted by Crippen LogP contribution is 2.23. The molecule has 1 rings (SSSR count). The molecule has 3 heteroatoms. The Balaban J connectivity index is 2.32. The van der Waals surface area contributed by atoms with E-state index in [-0.39, 0.29) is 5.91 Å². The van der Waals surface area contributed by atoms with Crippen molar-refractivity contribution in [1.29, 1.82) is 0 Å². The predicted molar refractivity (Wildman–Crippen MR) is 62.8 cm³/mol. The molecule has 1 amide bonds. The van der Waals surface area contributed by atoms with E-state index in [0.717, 1.165) is 19.5 Å². The molecule has 0 aliphatic heterocycles.